The summed E-state index contributed by atoms with van der Waals surface area (Å²) >= 11 is 0. The number of nitro groups is 1. The summed E-state index contributed by atoms with van der Waals surface area (Å²) in [5.41, 5.74) is 5.74. The van der Waals surface area contributed by atoms with Crippen molar-refractivity contribution in [3.05, 3.63) is 40.2 Å². The van der Waals surface area contributed by atoms with Gasteiger partial charge in [-0.25, -0.2) is 0 Å². The Kier molecular flexibility index (Phi) is 3.80. The van der Waals surface area contributed by atoms with Gasteiger partial charge >= 0.3 is 0 Å². The highest BCUT2D eigenvalue weighted by atomic mass is 16.6. The predicted octanol–water partition coefficient (Wildman–Crippen LogP) is 2.62. The maximum absolute atomic E-state index is 11.0. The first-order chi connectivity index (χ1) is 9.51. The smallest absolute Gasteiger partial charge is 0.282 e. The zero-order chi connectivity index (χ0) is 14.8. The van der Waals surface area contributed by atoms with Crippen LogP contribution in [0.5, 0.6) is 0 Å². The van der Waals surface area contributed by atoms with Gasteiger partial charge in [0.15, 0.2) is 5.82 Å². The molecule has 0 bridgehead atoms. The molecule has 0 unspecified atom stereocenters. The number of nitrogens with zero attached hydrogens (tertiary/aromatic N) is 3. The van der Waals surface area contributed by atoms with Crippen molar-refractivity contribution in [1.82, 2.24) is 10.1 Å². The van der Waals surface area contributed by atoms with Crippen LogP contribution < -0.4 is 5.73 Å². The molecule has 7 heteroatoms. The maximum atomic E-state index is 11.0. The number of para-hydroxylation sites is 1. The van der Waals surface area contributed by atoms with E-state index in [2.05, 4.69) is 10.1 Å². The summed E-state index contributed by atoms with van der Waals surface area (Å²) in [4.78, 5) is 14.8. The molecule has 0 saturated heterocycles. The summed E-state index contributed by atoms with van der Waals surface area (Å²) in [6.07, 6.45) is 1.30. The second kappa shape index (κ2) is 5.38. The van der Waals surface area contributed by atoms with E-state index in [9.17, 15) is 10.1 Å². The number of rotatable bonds is 5. The molecule has 0 radical (unpaired) electrons. The lowest BCUT2D eigenvalue weighted by Crippen LogP contribution is -2.36. The van der Waals surface area contributed by atoms with E-state index in [4.69, 9.17) is 10.3 Å². The third kappa shape index (κ3) is 2.39. The average molecular weight is 276 g/mol. The Balaban J connectivity index is 2.47. The van der Waals surface area contributed by atoms with Crippen LogP contribution in [0.2, 0.25) is 0 Å². The predicted molar refractivity (Wildman–Crippen MR) is 72.8 cm³/mol. The van der Waals surface area contributed by atoms with Crippen molar-refractivity contribution in [1.29, 1.82) is 0 Å². The number of nitro benzene ring substituents is 1. The van der Waals surface area contributed by atoms with Gasteiger partial charge in [-0.1, -0.05) is 31.1 Å². The molecule has 0 aliphatic rings. The van der Waals surface area contributed by atoms with Crippen molar-refractivity contribution in [2.75, 3.05) is 0 Å². The number of benzene rings is 1. The SMILES string of the molecule is CCC(N)(CC)c1noc(-c2ccccc2[N+](=O)[O-])n1. The molecule has 0 aliphatic heterocycles. The third-order valence-electron chi connectivity index (χ3n) is 3.46. The molecule has 7 nitrogen and oxygen atoms in total. The van der Waals surface area contributed by atoms with Crippen molar-refractivity contribution < 1.29 is 9.45 Å². The Bertz CT molecular complexity index is 620. The van der Waals surface area contributed by atoms with E-state index in [1.54, 1.807) is 18.2 Å². The standard InChI is InChI=1S/C13H16N4O3/c1-3-13(14,4-2)12-15-11(20-16-12)9-7-5-6-8-10(9)17(18)19/h5-8H,3-4,14H2,1-2H3. The topological polar surface area (TPSA) is 108 Å². The van der Waals surface area contributed by atoms with Gasteiger partial charge in [0.05, 0.1) is 10.5 Å². The largest absolute Gasteiger partial charge is 0.334 e. The van der Waals surface area contributed by atoms with Crippen LogP contribution >= 0.6 is 0 Å². The minimum absolute atomic E-state index is 0.0710. The number of hydrogen-bond donors (Lipinski definition) is 1. The Labute approximate surface area is 115 Å². The van der Waals surface area contributed by atoms with Gasteiger partial charge in [0.1, 0.15) is 5.56 Å². The summed E-state index contributed by atoms with van der Waals surface area (Å²) in [5, 5.41) is 14.9. The van der Waals surface area contributed by atoms with E-state index < -0.39 is 10.5 Å². The quantitative estimate of drug-likeness (QED) is 0.664. The van der Waals surface area contributed by atoms with E-state index in [1.807, 2.05) is 13.8 Å². The van der Waals surface area contributed by atoms with Crippen molar-refractivity contribution in [3.63, 3.8) is 0 Å². The lowest BCUT2D eigenvalue weighted by molar-refractivity contribution is -0.384. The number of nitrogens with two attached hydrogens (primary N) is 1. The Hall–Kier alpha value is -2.28. The van der Waals surface area contributed by atoms with Gasteiger partial charge < -0.3 is 10.3 Å². The van der Waals surface area contributed by atoms with Crippen molar-refractivity contribution in [3.8, 4) is 11.5 Å². The summed E-state index contributed by atoms with van der Waals surface area (Å²) < 4.78 is 5.15. The van der Waals surface area contributed by atoms with Crippen LogP contribution in [0, 0.1) is 10.1 Å². The molecule has 2 rings (SSSR count). The lowest BCUT2D eigenvalue weighted by atomic mass is 9.93. The Morgan fingerprint density at radius 2 is 2.00 bits per heavy atom. The second-order valence-corrected chi connectivity index (χ2v) is 4.56. The van der Waals surface area contributed by atoms with Gasteiger partial charge in [-0.05, 0) is 18.9 Å². The van der Waals surface area contributed by atoms with Gasteiger partial charge in [0, 0.05) is 6.07 Å². The lowest BCUT2D eigenvalue weighted by Gasteiger charge is -2.21. The van der Waals surface area contributed by atoms with Crippen LogP contribution in [0.15, 0.2) is 28.8 Å². The van der Waals surface area contributed by atoms with Gasteiger partial charge in [-0.2, -0.15) is 4.98 Å². The zero-order valence-electron chi connectivity index (χ0n) is 11.4. The normalized spacial score (nSPS) is 11.6. The zero-order valence-corrected chi connectivity index (χ0v) is 11.4. The fraction of sp³-hybridized carbons (Fsp3) is 0.385. The van der Waals surface area contributed by atoms with Crippen LogP contribution in [0.4, 0.5) is 5.69 Å². The van der Waals surface area contributed by atoms with E-state index in [-0.39, 0.29) is 11.6 Å². The van der Waals surface area contributed by atoms with Crippen LogP contribution in [-0.4, -0.2) is 15.1 Å². The van der Waals surface area contributed by atoms with Gasteiger partial charge in [-0.3, -0.25) is 10.1 Å². The van der Waals surface area contributed by atoms with Crippen LogP contribution in [0.25, 0.3) is 11.5 Å². The molecule has 2 N–H and O–H groups in total. The Morgan fingerprint density at radius 3 is 2.60 bits per heavy atom. The van der Waals surface area contributed by atoms with Gasteiger partial charge in [0.2, 0.25) is 0 Å². The molecule has 106 valence electrons. The molecular formula is C13H16N4O3. The summed E-state index contributed by atoms with van der Waals surface area (Å²) in [6.45, 7) is 3.87. The second-order valence-electron chi connectivity index (χ2n) is 4.56. The third-order valence-corrected chi connectivity index (χ3v) is 3.46. The summed E-state index contributed by atoms with van der Waals surface area (Å²) in [5.74, 6) is 0.486. The van der Waals surface area contributed by atoms with E-state index in [1.165, 1.54) is 6.07 Å². The Morgan fingerprint density at radius 1 is 1.35 bits per heavy atom. The molecule has 2 aromatic rings. The number of aromatic nitrogens is 2. The highest BCUT2D eigenvalue weighted by molar-refractivity contribution is 5.66. The van der Waals surface area contributed by atoms with Crippen LogP contribution in [-0.2, 0) is 5.54 Å². The summed E-state index contributed by atoms with van der Waals surface area (Å²) in [6, 6.07) is 6.24. The highest BCUT2D eigenvalue weighted by Crippen LogP contribution is 2.30. The molecular weight excluding hydrogens is 260 g/mol. The van der Waals surface area contributed by atoms with E-state index in [0.29, 0.717) is 24.2 Å². The highest BCUT2D eigenvalue weighted by Gasteiger charge is 2.30. The first-order valence-electron chi connectivity index (χ1n) is 6.38. The minimum Gasteiger partial charge on any atom is -0.334 e. The molecule has 20 heavy (non-hydrogen) atoms. The van der Waals surface area contributed by atoms with E-state index in [0.717, 1.165) is 0 Å². The molecule has 0 atom stereocenters. The monoisotopic (exact) mass is 276 g/mol. The molecule has 1 aromatic carbocycles. The molecule has 0 saturated carbocycles. The maximum Gasteiger partial charge on any atom is 0.282 e. The van der Waals surface area contributed by atoms with Gasteiger partial charge in [0.25, 0.3) is 11.6 Å². The molecule has 0 spiro atoms. The number of hydrogen-bond acceptors (Lipinski definition) is 6. The van der Waals surface area contributed by atoms with Gasteiger partial charge in [-0.15, -0.1) is 0 Å². The van der Waals surface area contributed by atoms with Crippen molar-refractivity contribution in [2.24, 2.45) is 5.73 Å². The molecule has 1 heterocycles. The van der Waals surface area contributed by atoms with E-state index >= 15 is 0 Å². The molecule has 1 aromatic heterocycles. The molecule has 0 amide bonds. The first kappa shape index (κ1) is 14.1. The first-order valence-corrected chi connectivity index (χ1v) is 6.38. The minimum atomic E-state index is -0.675. The van der Waals surface area contributed by atoms with Crippen molar-refractivity contribution >= 4 is 5.69 Å². The van der Waals surface area contributed by atoms with Crippen LogP contribution in [0.1, 0.15) is 32.5 Å². The fourth-order valence-corrected chi connectivity index (χ4v) is 1.92. The molecule has 0 fully saturated rings. The van der Waals surface area contributed by atoms with Crippen molar-refractivity contribution in [2.45, 2.75) is 32.2 Å². The fourth-order valence-electron chi connectivity index (χ4n) is 1.92. The summed E-state index contributed by atoms with van der Waals surface area (Å²) in [7, 11) is 0. The molecule has 0 aliphatic carbocycles. The average Bonchev–Trinajstić information content (AvgIpc) is 2.96. The van der Waals surface area contributed by atoms with Crippen LogP contribution in [0.3, 0.4) is 0 Å².